The van der Waals surface area contributed by atoms with Gasteiger partial charge in [0.05, 0.1) is 15.8 Å². The normalized spacial score (nSPS) is 14.0. The van der Waals surface area contributed by atoms with Crippen LogP contribution in [0.3, 0.4) is 0 Å². The summed E-state index contributed by atoms with van der Waals surface area (Å²) >= 11 is 5.01. The fourth-order valence-corrected chi connectivity index (χ4v) is 7.01. The number of nitrogens with one attached hydrogen (secondary N) is 1. The Morgan fingerprint density at radius 3 is 2.77 bits per heavy atom. The topological polar surface area (TPSA) is 45.2 Å². The van der Waals surface area contributed by atoms with Crippen molar-refractivity contribution in [1.82, 2.24) is 9.88 Å². The summed E-state index contributed by atoms with van der Waals surface area (Å²) in [5.74, 6) is -0.0572. The smallest absolute Gasteiger partial charge is 0.257 e. The standard InChI is InChI=1S/C24H23N3OS3/c1-3-27-13-12-15-20(14-27)31-24(26-22(28)16-8-4-6-10-18(16)29-2)21(15)23-25-17-9-5-7-11-19(17)30-23/h4-11H,3,12-14H2,1-2H3,(H,26,28). The summed E-state index contributed by atoms with van der Waals surface area (Å²) in [4.78, 5) is 23.0. The van der Waals surface area contributed by atoms with E-state index in [-0.39, 0.29) is 5.91 Å². The quantitative estimate of drug-likeness (QED) is 0.348. The van der Waals surface area contributed by atoms with Crippen LogP contribution in [0.2, 0.25) is 0 Å². The van der Waals surface area contributed by atoms with Gasteiger partial charge in [-0.2, -0.15) is 0 Å². The molecule has 0 atom stereocenters. The van der Waals surface area contributed by atoms with Gasteiger partial charge in [-0.1, -0.05) is 31.2 Å². The second-order valence-corrected chi connectivity index (χ2v) is 10.5. The largest absolute Gasteiger partial charge is 0.313 e. The Hall–Kier alpha value is -2.19. The molecule has 1 aliphatic rings. The lowest BCUT2D eigenvalue weighted by Crippen LogP contribution is -2.29. The van der Waals surface area contributed by atoms with Gasteiger partial charge in [-0.25, -0.2) is 4.98 Å². The molecule has 0 saturated carbocycles. The highest BCUT2D eigenvalue weighted by Gasteiger charge is 2.27. The van der Waals surface area contributed by atoms with Crippen LogP contribution < -0.4 is 5.32 Å². The number of fused-ring (bicyclic) bond motifs is 2. The third-order valence-corrected chi connectivity index (χ3v) is 8.65. The lowest BCUT2D eigenvalue weighted by molar-refractivity contribution is 0.102. The maximum Gasteiger partial charge on any atom is 0.257 e. The first kappa shape index (κ1) is 20.7. The van der Waals surface area contributed by atoms with Crippen LogP contribution in [0.1, 0.15) is 27.7 Å². The van der Waals surface area contributed by atoms with E-state index in [0.29, 0.717) is 5.56 Å². The summed E-state index contributed by atoms with van der Waals surface area (Å²) in [6, 6.07) is 16.0. The van der Waals surface area contributed by atoms with Crippen molar-refractivity contribution in [2.24, 2.45) is 0 Å². The molecule has 0 unspecified atom stereocenters. The maximum atomic E-state index is 13.2. The van der Waals surface area contributed by atoms with Crippen molar-refractivity contribution in [3.63, 3.8) is 0 Å². The molecule has 2 aromatic heterocycles. The third kappa shape index (κ3) is 3.91. The molecular weight excluding hydrogens is 442 g/mol. The fraction of sp³-hybridized carbons (Fsp3) is 0.250. The zero-order valence-electron chi connectivity index (χ0n) is 17.5. The van der Waals surface area contributed by atoms with Crippen LogP contribution >= 0.6 is 34.4 Å². The third-order valence-electron chi connectivity index (χ3n) is 5.67. The molecule has 1 N–H and O–H groups in total. The molecule has 0 fully saturated rings. The Labute approximate surface area is 194 Å². The van der Waals surface area contributed by atoms with Gasteiger partial charge in [0.15, 0.2) is 0 Å². The van der Waals surface area contributed by atoms with Gasteiger partial charge in [0.1, 0.15) is 10.0 Å². The predicted octanol–water partition coefficient (Wildman–Crippen LogP) is 6.38. The summed E-state index contributed by atoms with van der Waals surface area (Å²) in [5, 5.41) is 5.17. The van der Waals surface area contributed by atoms with E-state index in [4.69, 9.17) is 4.98 Å². The van der Waals surface area contributed by atoms with Gasteiger partial charge in [-0.15, -0.1) is 34.4 Å². The summed E-state index contributed by atoms with van der Waals surface area (Å²) in [6.45, 7) is 5.22. The molecule has 2 aromatic carbocycles. The van der Waals surface area contributed by atoms with Gasteiger partial charge in [0, 0.05) is 28.4 Å². The van der Waals surface area contributed by atoms with Gasteiger partial charge in [-0.3, -0.25) is 9.69 Å². The number of rotatable bonds is 5. The van der Waals surface area contributed by atoms with Gasteiger partial charge >= 0.3 is 0 Å². The highest BCUT2D eigenvalue weighted by Crippen LogP contribution is 2.45. The molecule has 5 rings (SSSR count). The molecule has 1 amide bonds. The summed E-state index contributed by atoms with van der Waals surface area (Å²) in [6.07, 6.45) is 2.99. The number of carbonyl (C=O) groups is 1. The molecular formula is C24H23N3OS3. The second-order valence-electron chi connectivity index (χ2n) is 7.47. The summed E-state index contributed by atoms with van der Waals surface area (Å²) in [5.41, 5.74) is 4.19. The number of likely N-dealkylation sites (N-methyl/N-ethyl adjacent to an activating group) is 1. The lowest BCUT2D eigenvalue weighted by Gasteiger charge is -2.25. The molecule has 0 bridgehead atoms. The zero-order chi connectivity index (χ0) is 21.4. The van der Waals surface area contributed by atoms with Crippen LogP contribution in [0.25, 0.3) is 20.8 Å². The Kier molecular flexibility index (Phi) is 5.84. The van der Waals surface area contributed by atoms with Crippen LogP contribution in [-0.2, 0) is 13.0 Å². The first-order valence-electron chi connectivity index (χ1n) is 10.3. The molecule has 0 saturated heterocycles. The molecule has 0 aliphatic carbocycles. The zero-order valence-corrected chi connectivity index (χ0v) is 19.9. The van der Waals surface area contributed by atoms with Crippen LogP contribution in [0.4, 0.5) is 5.00 Å². The number of para-hydroxylation sites is 1. The highest BCUT2D eigenvalue weighted by molar-refractivity contribution is 7.98. The van der Waals surface area contributed by atoms with E-state index in [0.717, 1.165) is 52.0 Å². The Morgan fingerprint density at radius 2 is 1.97 bits per heavy atom. The molecule has 3 heterocycles. The number of thioether (sulfide) groups is 1. The number of amides is 1. The Balaban J connectivity index is 1.59. The Bertz CT molecular complexity index is 1230. The van der Waals surface area contributed by atoms with E-state index in [9.17, 15) is 4.79 Å². The van der Waals surface area contributed by atoms with Crippen molar-refractivity contribution < 1.29 is 4.79 Å². The number of hydrogen-bond acceptors (Lipinski definition) is 6. The van der Waals surface area contributed by atoms with Crippen molar-refractivity contribution >= 4 is 55.6 Å². The minimum atomic E-state index is -0.0572. The molecule has 4 aromatic rings. The molecule has 1 aliphatic heterocycles. The fourth-order valence-electron chi connectivity index (χ4n) is 4.02. The minimum absolute atomic E-state index is 0.0572. The summed E-state index contributed by atoms with van der Waals surface area (Å²) < 4.78 is 1.17. The number of benzene rings is 2. The van der Waals surface area contributed by atoms with Gasteiger partial charge in [0.2, 0.25) is 0 Å². The number of nitrogens with zero attached hydrogens (tertiary/aromatic N) is 2. The monoisotopic (exact) mass is 465 g/mol. The molecule has 0 radical (unpaired) electrons. The number of aromatic nitrogens is 1. The van der Waals surface area contributed by atoms with Crippen molar-refractivity contribution in [1.29, 1.82) is 0 Å². The molecule has 158 valence electrons. The van der Waals surface area contributed by atoms with Gasteiger partial charge in [-0.05, 0) is 49.1 Å². The van der Waals surface area contributed by atoms with Gasteiger partial charge in [0.25, 0.3) is 5.91 Å². The minimum Gasteiger partial charge on any atom is -0.313 e. The average molecular weight is 466 g/mol. The average Bonchev–Trinajstić information content (AvgIpc) is 3.38. The van der Waals surface area contributed by atoms with Crippen LogP contribution in [0, 0.1) is 0 Å². The van der Waals surface area contributed by atoms with Crippen molar-refractivity contribution in [2.75, 3.05) is 24.7 Å². The van der Waals surface area contributed by atoms with E-state index < -0.39 is 0 Å². The van der Waals surface area contributed by atoms with Crippen LogP contribution in [0.15, 0.2) is 53.4 Å². The number of carbonyl (C=O) groups excluding carboxylic acids is 1. The summed E-state index contributed by atoms with van der Waals surface area (Å²) in [7, 11) is 0. The number of thiazole rings is 1. The highest BCUT2D eigenvalue weighted by atomic mass is 32.2. The van der Waals surface area contributed by atoms with Crippen molar-refractivity contribution in [2.45, 2.75) is 24.8 Å². The van der Waals surface area contributed by atoms with E-state index in [1.165, 1.54) is 15.1 Å². The maximum absolute atomic E-state index is 13.2. The lowest BCUT2D eigenvalue weighted by atomic mass is 10.0. The Morgan fingerprint density at radius 1 is 1.16 bits per heavy atom. The molecule has 31 heavy (non-hydrogen) atoms. The van der Waals surface area contributed by atoms with E-state index >= 15 is 0 Å². The predicted molar refractivity (Wildman–Crippen MR) is 134 cm³/mol. The number of anilines is 1. The molecule has 7 heteroatoms. The molecule has 0 spiro atoms. The van der Waals surface area contributed by atoms with E-state index in [1.54, 1.807) is 34.4 Å². The first-order valence-corrected chi connectivity index (χ1v) is 13.2. The molecule has 4 nitrogen and oxygen atoms in total. The van der Waals surface area contributed by atoms with Crippen molar-refractivity contribution in [3.8, 4) is 10.6 Å². The van der Waals surface area contributed by atoms with Crippen LogP contribution in [-0.4, -0.2) is 35.1 Å². The van der Waals surface area contributed by atoms with Crippen molar-refractivity contribution in [3.05, 3.63) is 64.5 Å². The SMILES string of the molecule is CCN1CCc2c(sc(NC(=O)c3ccccc3SC)c2-c2nc3ccccc3s2)C1. The first-order chi connectivity index (χ1) is 15.2. The second kappa shape index (κ2) is 8.74. The number of hydrogen-bond donors (Lipinski definition) is 1. The number of thiophene rings is 1. The van der Waals surface area contributed by atoms with Gasteiger partial charge < -0.3 is 5.32 Å². The van der Waals surface area contributed by atoms with Crippen LogP contribution in [0.5, 0.6) is 0 Å². The van der Waals surface area contributed by atoms with E-state index in [2.05, 4.69) is 35.3 Å². The van der Waals surface area contributed by atoms with E-state index in [1.807, 2.05) is 36.6 Å².